The van der Waals surface area contributed by atoms with Gasteiger partial charge in [0, 0.05) is 13.2 Å². The van der Waals surface area contributed by atoms with Crippen molar-refractivity contribution in [2.24, 2.45) is 0 Å². The minimum absolute atomic E-state index is 0.119. The summed E-state index contributed by atoms with van der Waals surface area (Å²) in [5, 5.41) is 36.8. The summed E-state index contributed by atoms with van der Waals surface area (Å²) in [6.45, 7) is 0.638. The van der Waals surface area contributed by atoms with Crippen molar-refractivity contribution in [1.82, 2.24) is 0 Å². The van der Waals surface area contributed by atoms with Crippen LogP contribution < -0.4 is 0 Å². The molecule has 0 aromatic carbocycles. The Balaban J connectivity index is 3.73. The number of aliphatic hydroxyl groups excluding tert-OH is 4. The van der Waals surface area contributed by atoms with Gasteiger partial charge in [-0.25, -0.2) is 9.59 Å². The van der Waals surface area contributed by atoms with Crippen LogP contribution in [-0.2, 0) is 19.1 Å². The van der Waals surface area contributed by atoms with E-state index >= 15 is 0 Å². The Labute approximate surface area is 167 Å². The van der Waals surface area contributed by atoms with E-state index < -0.39 is 24.1 Å². The van der Waals surface area contributed by atoms with Crippen molar-refractivity contribution in [2.45, 2.75) is 89.3 Å². The number of unbranched alkanes of at least 4 members (excludes halogenated alkanes) is 10. The molecule has 0 radical (unpaired) electrons. The first-order valence-electron chi connectivity index (χ1n) is 10.5. The lowest BCUT2D eigenvalue weighted by molar-refractivity contribution is -0.173. The zero-order valence-corrected chi connectivity index (χ0v) is 16.9. The number of carbonyl (C=O) groups is 2. The molecule has 0 fully saturated rings. The lowest BCUT2D eigenvalue weighted by Crippen LogP contribution is -2.41. The molecule has 166 valence electrons. The Morgan fingerprint density at radius 2 is 0.821 bits per heavy atom. The maximum absolute atomic E-state index is 11.7. The van der Waals surface area contributed by atoms with Crippen LogP contribution in [-0.4, -0.2) is 71.0 Å². The fourth-order valence-corrected chi connectivity index (χ4v) is 2.62. The Bertz CT molecular complexity index is 352. The molecule has 4 N–H and O–H groups in total. The molecular weight excluding hydrogens is 368 g/mol. The van der Waals surface area contributed by atoms with Crippen LogP contribution in [0.25, 0.3) is 0 Å². The number of carbonyl (C=O) groups excluding carboxylic acids is 2. The second kappa shape index (κ2) is 19.1. The van der Waals surface area contributed by atoms with Crippen molar-refractivity contribution in [2.75, 3.05) is 26.4 Å². The molecule has 0 aromatic rings. The fourth-order valence-electron chi connectivity index (χ4n) is 2.62. The van der Waals surface area contributed by atoms with E-state index in [4.69, 9.17) is 19.7 Å². The first-order valence-corrected chi connectivity index (χ1v) is 10.5. The van der Waals surface area contributed by atoms with Crippen LogP contribution in [0.2, 0.25) is 0 Å². The molecular formula is C20H38O8. The summed E-state index contributed by atoms with van der Waals surface area (Å²) >= 11 is 0. The maximum atomic E-state index is 11.7. The van der Waals surface area contributed by atoms with Crippen molar-refractivity contribution in [3.05, 3.63) is 0 Å². The van der Waals surface area contributed by atoms with Crippen LogP contribution >= 0.6 is 0 Å². The van der Waals surface area contributed by atoms with Gasteiger partial charge in [-0.2, -0.15) is 0 Å². The highest BCUT2D eigenvalue weighted by Gasteiger charge is 2.32. The van der Waals surface area contributed by atoms with Gasteiger partial charge in [0.1, 0.15) is 0 Å². The normalized spacial score (nSPS) is 13.1. The molecule has 0 aliphatic carbocycles. The van der Waals surface area contributed by atoms with E-state index in [-0.39, 0.29) is 26.4 Å². The van der Waals surface area contributed by atoms with Gasteiger partial charge < -0.3 is 29.9 Å². The first kappa shape index (κ1) is 26.8. The quantitative estimate of drug-likeness (QED) is 0.187. The van der Waals surface area contributed by atoms with Gasteiger partial charge in [-0.05, 0) is 25.7 Å². The summed E-state index contributed by atoms with van der Waals surface area (Å²) in [6.07, 6.45) is 6.55. The van der Waals surface area contributed by atoms with E-state index in [1.807, 2.05) is 0 Å². The average Bonchev–Trinajstić information content (AvgIpc) is 2.70. The monoisotopic (exact) mass is 406 g/mol. The van der Waals surface area contributed by atoms with Crippen LogP contribution in [0.15, 0.2) is 0 Å². The molecule has 0 bridgehead atoms. The largest absolute Gasteiger partial charge is 0.464 e. The highest BCUT2D eigenvalue weighted by molar-refractivity contribution is 5.85. The fraction of sp³-hybridized carbons (Fsp3) is 0.900. The molecule has 0 saturated heterocycles. The minimum atomic E-state index is -1.95. The van der Waals surface area contributed by atoms with E-state index in [0.29, 0.717) is 12.8 Å². The maximum Gasteiger partial charge on any atom is 0.338 e. The van der Waals surface area contributed by atoms with Crippen molar-refractivity contribution >= 4 is 11.9 Å². The molecule has 28 heavy (non-hydrogen) atoms. The molecule has 0 spiro atoms. The minimum Gasteiger partial charge on any atom is -0.464 e. The number of ether oxygens (including phenoxy) is 2. The lowest BCUT2D eigenvalue weighted by atomic mass is 10.1. The summed E-state index contributed by atoms with van der Waals surface area (Å²) in [5.41, 5.74) is 0. The molecule has 2 atom stereocenters. The van der Waals surface area contributed by atoms with E-state index in [2.05, 4.69) is 0 Å². The van der Waals surface area contributed by atoms with Crippen molar-refractivity contribution < 1.29 is 39.5 Å². The Kier molecular flexibility index (Phi) is 18.3. The third-order valence-corrected chi connectivity index (χ3v) is 4.38. The molecule has 0 saturated carbocycles. The van der Waals surface area contributed by atoms with Crippen LogP contribution in [0.4, 0.5) is 0 Å². The summed E-state index contributed by atoms with van der Waals surface area (Å²) in [5.74, 6) is -2.07. The predicted molar refractivity (Wildman–Crippen MR) is 104 cm³/mol. The average molecular weight is 407 g/mol. The van der Waals surface area contributed by atoms with Gasteiger partial charge in [-0.15, -0.1) is 0 Å². The molecule has 0 aliphatic rings. The molecule has 0 heterocycles. The van der Waals surface area contributed by atoms with Crippen LogP contribution in [0.3, 0.4) is 0 Å². The highest BCUT2D eigenvalue weighted by Crippen LogP contribution is 2.08. The molecule has 8 nitrogen and oxygen atoms in total. The second-order valence-corrected chi connectivity index (χ2v) is 6.91. The number of hydrogen-bond acceptors (Lipinski definition) is 8. The zero-order valence-electron chi connectivity index (χ0n) is 16.9. The van der Waals surface area contributed by atoms with Gasteiger partial charge in [-0.1, -0.05) is 51.4 Å². The summed E-state index contributed by atoms with van der Waals surface area (Å²) in [4.78, 5) is 23.4. The summed E-state index contributed by atoms with van der Waals surface area (Å²) < 4.78 is 9.76. The van der Waals surface area contributed by atoms with Gasteiger partial charge in [0.15, 0.2) is 12.2 Å². The van der Waals surface area contributed by atoms with E-state index in [0.717, 1.165) is 64.2 Å². The van der Waals surface area contributed by atoms with Crippen molar-refractivity contribution in [3.8, 4) is 0 Å². The lowest BCUT2D eigenvalue weighted by Gasteiger charge is -2.16. The SMILES string of the molecule is O=C(OCCCCCCCCO)C(O)C(O)C(=O)OCCCCCCCCO. The van der Waals surface area contributed by atoms with Gasteiger partial charge in [0.25, 0.3) is 0 Å². The third-order valence-electron chi connectivity index (χ3n) is 4.38. The van der Waals surface area contributed by atoms with E-state index in [9.17, 15) is 19.8 Å². The molecule has 0 aliphatic heterocycles. The number of aliphatic hydroxyl groups is 4. The van der Waals surface area contributed by atoms with Gasteiger partial charge in [-0.3, -0.25) is 0 Å². The molecule has 0 aromatic heterocycles. The predicted octanol–water partition coefficient (Wildman–Crippen LogP) is 1.46. The van der Waals surface area contributed by atoms with Gasteiger partial charge in [0.05, 0.1) is 13.2 Å². The van der Waals surface area contributed by atoms with Crippen molar-refractivity contribution in [1.29, 1.82) is 0 Å². The molecule has 2 unspecified atom stereocenters. The van der Waals surface area contributed by atoms with Crippen molar-refractivity contribution in [3.63, 3.8) is 0 Å². The highest BCUT2D eigenvalue weighted by atomic mass is 16.6. The molecule has 8 heteroatoms. The smallest absolute Gasteiger partial charge is 0.338 e. The van der Waals surface area contributed by atoms with Crippen LogP contribution in [0.1, 0.15) is 77.0 Å². The summed E-state index contributed by atoms with van der Waals surface area (Å²) in [7, 11) is 0. The topological polar surface area (TPSA) is 134 Å². The third kappa shape index (κ3) is 14.8. The van der Waals surface area contributed by atoms with Gasteiger partial charge >= 0.3 is 11.9 Å². The second-order valence-electron chi connectivity index (χ2n) is 6.91. The van der Waals surface area contributed by atoms with E-state index in [1.54, 1.807) is 0 Å². The summed E-state index contributed by atoms with van der Waals surface area (Å²) in [6, 6.07) is 0. The van der Waals surface area contributed by atoms with Crippen LogP contribution in [0, 0.1) is 0 Å². The van der Waals surface area contributed by atoms with E-state index in [1.165, 1.54) is 0 Å². The Hall–Kier alpha value is -1.22. The molecule has 0 amide bonds. The number of rotatable bonds is 19. The van der Waals surface area contributed by atoms with Gasteiger partial charge in [0.2, 0.25) is 0 Å². The number of esters is 2. The zero-order chi connectivity index (χ0) is 21.0. The molecule has 0 rings (SSSR count). The number of hydrogen-bond donors (Lipinski definition) is 4. The Morgan fingerprint density at radius 1 is 0.536 bits per heavy atom. The van der Waals surface area contributed by atoms with Crippen LogP contribution in [0.5, 0.6) is 0 Å². The Morgan fingerprint density at radius 3 is 1.14 bits per heavy atom. The first-order chi connectivity index (χ1) is 13.5. The standard InChI is InChI=1S/C20H38O8/c21-13-9-5-1-3-7-11-15-27-19(25)17(23)18(24)20(26)28-16-12-8-4-2-6-10-14-22/h17-18,21-24H,1-16H2.